The molecule has 0 spiro atoms. The first kappa shape index (κ1) is 17.2. The van der Waals surface area contributed by atoms with Crippen LogP contribution in [-0.2, 0) is 23.1 Å². The topological polar surface area (TPSA) is 71.1 Å². The van der Waals surface area contributed by atoms with Crippen molar-refractivity contribution in [3.8, 4) is 0 Å². The van der Waals surface area contributed by atoms with Gasteiger partial charge in [-0.3, -0.25) is 4.57 Å². The molecule has 0 aromatic carbocycles. The van der Waals surface area contributed by atoms with Crippen molar-refractivity contribution in [2.45, 2.75) is 27.2 Å². The van der Waals surface area contributed by atoms with Crippen LogP contribution in [0.2, 0.25) is 0 Å². The van der Waals surface area contributed by atoms with Gasteiger partial charge in [-0.05, 0) is 32.8 Å². The van der Waals surface area contributed by atoms with E-state index in [2.05, 4.69) is 9.47 Å². The summed E-state index contributed by atoms with van der Waals surface area (Å²) in [5, 5.41) is 0. The van der Waals surface area contributed by atoms with Crippen molar-refractivity contribution in [3.05, 3.63) is 11.8 Å². The molecule has 0 aliphatic carbocycles. The van der Waals surface area contributed by atoms with Crippen molar-refractivity contribution in [2.75, 3.05) is 26.5 Å². The molecule has 0 amide bonds. The molecule has 0 saturated heterocycles. The van der Waals surface area contributed by atoms with E-state index in [9.17, 15) is 9.36 Å². The molecular formula is C11H21O6P. The molecule has 0 rings (SSSR count). The van der Waals surface area contributed by atoms with Gasteiger partial charge in [0.05, 0.1) is 32.7 Å². The summed E-state index contributed by atoms with van der Waals surface area (Å²) in [4.78, 5) is 10.7. The summed E-state index contributed by atoms with van der Waals surface area (Å²) in [6.45, 7) is 5.94. The van der Waals surface area contributed by atoms with Crippen molar-refractivity contribution in [1.82, 2.24) is 0 Å². The minimum Gasteiger partial charge on any atom is -0.437 e. The van der Waals surface area contributed by atoms with E-state index in [1.807, 2.05) is 0 Å². The Morgan fingerprint density at radius 2 is 1.78 bits per heavy atom. The molecule has 0 aromatic heterocycles. The van der Waals surface area contributed by atoms with Gasteiger partial charge < -0.3 is 18.5 Å². The zero-order chi connectivity index (χ0) is 14.0. The molecule has 0 radical (unpaired) electrons. The van der Waals surface area contributed by atoms with Crippen LogP contribution in [0.3, 0.4) is 0 Å². The summed E-state index contributed by atoms with van der Waals surface area (Å²) < 4.78 is 31.3. The molecule has 0 N–H and O–H groups in total. The molecule has 0 fully saturated rings. The predicted molar refractivity (Wildman–Crippen MR) is 67.6 cm³/mol. The summed E-state index contributed by atoms with van der Waals surface area (Å²) in [6, 6.07) is 0. The molecule has 0 heterocycles. The minimum absolute atomic E-state index is 0.252. The fraction of sp³-hybridized carbons (Fsp3) is 0.727. The Morgan fingerprint density at radius 3 is 2.22 bits per heavy atom. The Balaban J connectivity index is 4.26. The predicted octanol–water partition coefficient (Wildman–Crippen LogP) is 3.33. The van der Waals surface area contributed by atoms with E-state index >= 15 is 0 Å². The lowest BCUT2D eigenvalue weighted by molar-refractivity contribution is 0.105. The van der Waals surface area contributed by atoms with Crippen molar-refractivity contribution >= 4 is 13.8 Å². The lowest BCUT2D eigenvalue weighted by atomic mass is 10.3. The highest BCUT2D eigenvalue weighted by atomic mass is 31.2. The maximum absolute atomic E-state index is 12.1. The van der Waals surface area contributed by atoms with Crippen molar-refractivity contribution in [2.24, 2.45) is 0 Å². The number of methoxy groups -OCH3 is 1. The number of rotatable bonds is 8. The van der Waals surface area contributed by atoms with Gasteiger partial charge in [-0.15, -0.1) is 0 Å². The van der Waals surface area contributed by atoms with Gasteiger partial charge in [-0.1, -0.05) is 0 Å². The molecule has 0 bridgehead atoms. The fourth-order valence-electron chi connectivity index (χ4n) is 1.13. The molecule has 0 aromatic rings. The Kier molecular flexibility index (Phi) is 8.71. The zero-order valence-corrected chi connectivity index (χ0v) is 12.2. The van der Waals surface area contributed by atoms with Gasteiger partial charge in [-0.25, -0.2) is 4.79 Å². The fourth-order valence-corrected chi connectivity index (χ4v) is 2.87. The van der Waals surface area contributed by atoms with Crippen molar-refractivity contribution in [1.29, 1.82) is 0 Å². The largest absolute Gasteiger partial charge is 0.512 e. The van der Waals surface area contributed by atoms with Crippen LogP contribution in [0.1, 0.15) is 27.2 Å². The average molecular weight is 280 g/mol. The molecule has 7 heteroatoms. The number of hydrogen-bond donors (Lipinski definition) is 0. The highest BCUT2D eigenvalue weighted by molar-refractivity contribution is 7.53. The van der Waals surface area contributed by atoms with E-state index in [1.165, 1.54) is 13.4 Å². The number of carbonyl (C=O) groups is 1. The van der Waals surface area contributed by atoms with Gasteiger partial charge in [0.15, 0.2) is 0 Å². The minimum atomic E-state index is -3.04. The Labute approximate surface area is 108 Å². The lowest BCUT2D eigenvalue weighted by Crippen LogP contribution is -2.02. The standard InChI is InChI=1S/C11H21O6P/c1-5-16-18(13,17-6-2)8-7-10(3)9-15-11(12)14-4/h9H,5-8H2,1-4H3. The van der Waals surface area contributed by atoms with Crippen LogP contribution in [0.15, 0.2) is 11.8 Å². The van der Waals surface area contributed by atoms with Gasteiger partial charge in [0.1, 0.15) is 0 Å². The summed E-state index contributed by atoms with van der Waals surface area (Å²) in [5.74, 6) is 0. The molecule has 0 unspecified atom stereocenters. The van der Waals surface area contributed by atoms with Crippen molar-refractivity contribution < 1.29 is 27.9 Å². The van der Waals surface area contributed by atoms with E-state index < -0.39 is 13.8 Å². The third kappa shape index (κ3) is 7.48. The van der Waals surface area contributed by atoms with Crippen LogP contribution in [0.4, 0.5) is 4.79 Å². The number of allylic oxidation sites excluding steroid dienone is 1. The third-order valence-corrected chi connectivity index (χ3v) is 4.03. The normalized spacial score (nSPS) is 12.3. The SMILES string of the molecule is CCOP(=O)(CCC(C)=COC(=O)OC)OCC. The van der Waals surface area contributed by atoms with E-state index in [-0.39, 0.29) is 6.16 Å². The highest BCUT2D eigenvalue weighted by Crippen LogP contribution is 2.48. The van der Waals surface area contributed by atoms with Crippen LogP contribution in [0, 0.1) is 0 Å². The molecule has 6 nitrogen and oxygen atoms in total. The smallest absolute Gasteiger partial charge is 0.437 e. The number of hydrogen-bond acceptors (Lipinski definition) is 6. The summed E-state index contributed by atoms with van der Waals surface area (Å²) in [6.07, 6.45) is 1.19. The molecule has 0 aliphatic rings. The van der Waals surface area contributed by atoms with Crippen LogP contribution in [-0.4, -0.2) is 32.6 Å². The summed E-state index contributed by atoms with van der Waals surface area (Å²) >= 11 is 0. The van der Waals surface area contributed by atoms with E-state index in [1.54, 1.807) is 20.8 Å². The zero-order valence-electron chi connectivity index (χ0n) is 11.3. The van der Waals surface area contributed by atoms with Gasteiger partial charge in [0.2, 0.25) is 0 Å². The van der Waals surface area contributed by atoms with Crippen LogP contribution in [0.5, 0.6) is 0 Å². The average Bonchev–Trinajstić information content (AvgIpc) is 2.34. The van der Waals surface area contributed by atoms with Gasteiger partial charge >= 0.3 is 13.8 Å². The second-order valence-electron chi connectivity index (χ2n) is 3.46. The molecule has 0 saturated carbocycles. The quantitative estimate of drug-likeness (QED) is 0.386. The maximum atomic E-state index is 12.1. The highest BCUT2D eigenvalue weighted by Gasteiger charge is 2.22. The first-order valence-corrected chi connectivity index (χ1v) is 7.48. The summed E-state index contributed by atoms with van der Waals surface area (Å²) in [5.41, 5.74) is 0.750. The van der Waals surface area contributed by atoms with Gasteiger partial charge in [0, 0.05) is 0 Å². The number of ether oxygens (including phenoxy) is 2. The monoisotopic (exact) mass is 280 g/mol. The van der Waals surface area contributed by atoms with Gasteiger partial charge in [-0.2, -0.15) is 0 Å². The number of carbonyl (C=O) groups excluding carboxylic acids is 1. The second-order valence-corrected chi connectivity index (χ2v) is 5.64. The molecule has 0 atom stereocenters. The molecule has 106 valence electrons. The Morgan fingerprint density at radius 1 is 1.22 bits per heavy atom. The summed E-state index contributed by atoms with van der Waals surface area (Å²) in [7, 11) is -1.81. The van der Waals surface area contributed by atoms with E-state index in [4.69, 9.17) is 9.05 Å². The molecule has 0 aliphatic heterocycles. The van der Waals surface area contributed by atoms with Crippen LogP contribution in [0.25, 0.3) is 0 Å². The van der Waals surface area contributed by atoms with Crippen LogP contribution >= 0.6 is 7.60 Å². The van der Waals surface area contributed by atoms with Gasteiger partial charge in [0.25, 0.3) is 0 Å². The lowest BCUT2D eigenvalue weighted by Gasteiger charge is -2.16. The first-order chi connectivity index (χ1) is 8.47. The van der Waals surface area contributed by atoms with E-state index in [0.717, 1.165) is 5.57 Å². The molecule has 18 heavy (non-hydrogen) atoms. The molecular weight excluding hydrogens is 259 g/mol. The van der Waals surface area contributed by atoms with E-state index in [0.29, 0.717) is 19.6 Å². The maximum Gasteiger partial charge on any atom is 0.512 e. The first-order valence-electron chi connectivity index (χ1n) is 5.75. The Bertz CT molecular complexity index is 315. The van der Waals surface area contributed by atoms with Crippen molar-refractivity contribution in [3.63, 3.8) is 0 Å². The third-order valence-electron chi connectivity index (χ3n) is 1.95. The second kappa shape index (κ2) is 9.14. The van der Waals surface area contributed by atoms with Crippen LogP contribution < -0.4 is 0 Å². The Hall–Kier alpha value is -0.840.